The number of benzene rings is 2. The summed E-state index contributed by atoms with van der Waals surface area (Å²) in [6.07, 6.45) is -1.73. The van der Waals surface area contributed by atoms with Gasteiger partial charge in [0.2, 0.25) is 15.9 Å². The quantitative estimate of drug-likeness (QED) is 0.505. The Labute approximate surface area is 189 Å². The second kappa shape index (κ2) is 9.20. The molecule has 1 aliphatic heterocycles. The molecular formula is C22H21FN2O7S. The standard InChI is InChI=1S/C22H21FN2O7S/c1-14-19(24-21(31-14)15-4-6-16(23)7-5-15)13-30-17-8-10-18(11-9-17)33(28,29)25-12-2-3-20(25)32-22(26)27/h4-11,20H,2-3,12-13H2,1H3,(H,26,27)/t20-/m1/s1. The van der Waals surface area contributed by atoms with E-state index in [0.717, 1.165) is 4.31 Å². The zero-order chi connectivity index (χ0) is 23.6. The third-order valence-electron chi connectivity index (χ3n) is 5.18. The minimum Gasteiger partial charge on any atom is -0.487 e. The number of aryl methyl sites for hydroxylation is 1. The van der Waals surface area contributed by atoms with E-state index in [1.807, 2.05) is 0 Å². The van der Waals surface area contributed by atoms with Crippen molar-refractivity contribution in [1.82, 2.24) is 9.29 Å². The molecule has 1 N–H and O–H groups in total. The van der Waals surface area contributed by atoms with Gasteiger partial charge in [-0.15, -0.1) is 0 Å². The van der Waals surface area contributed by atoms with Gasteiger partial charge in [0.1, 0.15) is 29.6 Å². The van der Waals surface area contributed by atoms with Crippen molar-refractivity contribution in [2.45, 2.75) is 37.5 Å². The molecule has 3 aromatic rings. The first kappa shape index (κ1) is 22.7. The smallest absolute Gasteiger partial charge is 0.487 e. The van der Waals surface area contributed by atoms with Gasteiger partial charge < -0.3 is 19.0 Å². The summed E-state index contributed by atoms with van der Waals surface area (Å²) in [7, 11) is -3.92. The molecule has 11 heteroatoms. The van der Waals surface area contributed by atoms with Crippen LogP contribution in [0.4, 0.5) is 9.18 Å². The highest BCUT2D eigenvalue weighted by atomic mass is 32.2. The lowest BCUT2D eigenvalue weighted by atomic mass is 10.2. The minimum absolute atomic E-state index is 0.00644. The number of rotatable bonds is 7. The van der Waals surface area contributed by atoms with Crippen LogP contribution < -0.4 is 4.74 Å². The third-order valence-corrected chi connectivity index (χ3v) is 7.08. The van der Waals surface area contributed by atoms with Gasteiger partial charge in [-0.05, 0) is 61.9 Å². The Kier molecular flexibility index (Phi) is 6.34. The SMILES string of the molecule is Cc1oc(-c2ccc(F)cc2)nc1COc1ccc(S(=O)(=O)N2CCC[C@H]2OC(=O)O)cc1. The molecule has 0 saturated carbocycles. The number of halogens is 1. The molecular weight excluding hydrogens is 455 g/mol. The van der Waals surface area contributed by atoms with Gasteiger partial charge >= 0.3 is 6.16 Å². The van der Waals surface area contributed by atoms with Crippen LogP contribution in [-0.4, -0.2) is 41.7 Å². The summed E-state index contributed by atoms with van der Waals surface area (Å²) in [4.78, 5) is 15.2. The molecule has 0 bridgehead atoms. The van der Waals surface area contributed by atoms with Crippen molar-refractivity contribution in [3.8, 4) is 17.2 Å². The number of carboxylic acid groups (broad SMARTS) is 1. The zero-order valence-electron chi connectivity index (χ0n) is 17.6. The number of hydrogen-bond acceptors (Lipinski definition) is 7. The highest BCUT2D eigenvalue weighted by molar-refractivity contribution is 7.89. The van der Waals surface area contributed by atoms with Crippen molar-refractivity contribution in [3.05, 3.63) is 65.8 Å². The van der Waals surface area contributed by atoms with Crippen LogP contribution in [0.1, 0.15) is 24.3 Å². The average molecular weight is 476 g/mol. The Hall–Kier alpha value is -3.44. The fourth-order valence-corrected chi connectivity index (χ4v) is 5.07. The van der Waals surface area contributed by atoms with Gasteiger partial charge in [0.05, 0.1) is 4.90 Å². The number of carbonyl (C=O) groups is 1. The maximum atomic E-state index is 13.1. The lowest BCUT2D eigenvalue weighted by Gasteiger charge is -2.22. The predicted molar refractivity (Wildman–Crippen MR) is 113 cm³/mol. The van der Waals surface area contributed by atoms with E-state index in [9.17, 15) is 17.6 Å². The topological polar surface area (TPSA) is 119 Å². The molecule has 4 rings (SSSR count). The van der Waals surface area contributed by atoms with Crippen LogP contribution in [0.25, 0.3) is 11.5 Å². The monoisotopic (exact) mass is 476 g/mol. The normalized spacial score (nSPS) is 16.6. The molecule has 0 spiro atoms. The van der Waals surface area contributed by atoms with E-state index in [0.29, 0.717) is 41.5 Å². The number of hydrogen-bond donors (Lipinski definition) is 1. The van der Waals surface area contributed by atoms with Crippen LogP contribution in [-0.2, 0) is 21.4 Å². The van der Waals surface area contributed by atoms with E-state index < -0.39 is 22.4 Å². The van der Waals surface area contributed by atoms with Crippen molar-refractivity contribution >= 4 is 16.2 Å². The molecule has 0 amide bonds. The Bertz CT molecular complexity index is 1240. The number of ether oxygens (including phenoxy) is 2. The van der Waals surface area contributed by atoms with Gasteiger partial charge in [0, 0.05) is 18.5 Å². The number of aromatic nitrogens is 1. The summed E-state index contributed by atoms with van der Waals surface area (Å²) in [6.45, 7) is 2.00. The molecule has 0 radical (unpaired) electrons. The van der Waals surface area contributed by atoms with Gasteiger partial charge in [-0.1, -0.05) is 0 Å². The zero-order valence-corrected chi connectivity index (χ0v) is 18.4. The fraction of sp³-hybridized carbons (Fsp3) is 0.273. The van der Waals surface area contributed by atoms with Crippen LogP contribution in [0.5, 0.6) is 5.75 Å². The van der Waals surface area contributed by atoms with Crippen LogP contribution in [0.2, 0.25) is 0 Å². The molecule has 0 unspecified atom stereocenters. The third kappa shape index (κ3) is 4.99. The summed E-state index contributed by atoms with van der Waals surface area (Å²) >= 11 is 0. The highest BCUT2D eigenvalue weighted by Gasteiger charge is 2.37. The van der Waals surface area contributed by atoms with Crippen molar-refractivity contribution < 1.29 is 36.6 Å². The Morgan fingerprint density at radius 1 is 1.21 bits per heavy atom. The van der Waals surface area contributed by atoms with E-state index >= 15 is 0 Å². The summed E-state index contributed by atoms with van der Waals surface area (Å²) in [6, 6.07) is 11.6. The summed E-state index contributed by atoms with van der Waals surface area (Å²) in [5.74, 6) is 0.952. The number of nitrogens with zero attached hydrogens (tertiary/aromatic N) is 2. The Morgan fingerprint density at radius 2 is 1.91 bits per heavy atom. The Balaban J connectivity index is 1.43. The fourth-order valence-electron chi connectivity index (χ4n) is 3.49. The molecule has 1 atom stereocenters. The van der Waals surface area contributed by atoms with Crippen molar-refractivity contribution in [1.29, 1.82) is 0 Å². The van der Waals surface area contributed by atoms with E-state index in [1.165, 1.54) is 36.4 Å². The maximum absolute atomic E-state index is 13.1. The summed E-state index contributed by atoms with van der Waals surface area (Å²) in [5.41, 5.74) is 1.18. The van der Waals surface area contributed by atoms with Crippen molar-refractivity contribution in [2.24, 2.45) is 0 Å². The lowest BCUT2D eigenvalue weighted by molar-refractivity contribution is 0.0170. The van der Waals surface area contributed by atoms with E-state index in [2.05, 4.69) is 4.98 Å². The first-order valence-electron chi connectivity index (χ1n) is 10.1. The summed E-state index contributed by atoms with van der Waals surface area (Å²) in [5, 5.41) is 8.83. The van der Waals surface area contributed by atoms with Crippen molar-refractivity contribution in [3.63, 3.8) is 0 Å². The van der Waals surface area contributed by atoms with Gasteiger partial charge in [-0.2, -0.15) is 4.31 Å². The van der Waals surface area contributed by atoms with Gasteiger partial charge in [0.15, 0.2) is 6.23 Å². The second-order valence-electron chi connectivity index (χ2n) is 7.39. The van der Waals surface area contributed by atoms with E-state index in [-0.39, 0.29) is 23.9 Å². The highest BCUT2D eigenvalue weighted by Crippen LogP contribution is 2.28. The molecule has 2 aromatic carbocycles. The minimum atomic E-state index is -3.92. The van der Waals surface area contributed by atoms with Crippen LogP contribution in [0.15, 0.2) is 57.8 Å². The largest absolute Gasteiger partial charge is 0.507 e. The second-order valence-corrected chi connectivity index (χ2v) is 9.28. The maximum Gasteiger partial charge on any atom is 0.507 e. The molecule has 1 fully saturated rings. The van der Waals surface area contributed by atoms with Gasteiger partial charge in [-0.25, -0.2) is 22.6 Å². The molecule has 0 aliphatic carbocycles. The number of sulfonamides is 1. The van der Waals surface area contributed by atoms with Gasteiger partial charge in [-0.3, -0.25) is 0 Å². The molecule has 9 nitrogen and oxygen atoms in total. The van der Waals surface area contributed by atoms with E-state index in [4.69, 9.17) is 19.0 Å². The first-order chi connectivity index (χ1) is 15.7. The van der Waals surface area contributed by atoms with E-state index in [1.54, 1.807) is 19.1 Å². The average Bonchev–Trinajstić information content (AvgIpc) is 3.39. The van der Waals surface area contributed by atoms with Crippen LogP contribution in [0.3, 0.4) is 0 Å². The summed E-state index contributed by atoms with van der Waals surface area (Å²) < 4.78 is 56.0. The number of oxazole rings is 1. The molecule has 1 aliphatic rings. The van der Waals surface area contributed by atoms with Gasteiger partial charge in [0.25, 0.3) is 0 Å². The molecule has 174 valence electrons. The Morgan fingerprint density at radius 3 is 2.58 bits per heavy atom. The van der Waals surface area contributed by atoms with Crippen LogP contribution in [0, 0.1) is 12.7 Å². The molecule has 2 heterocycles. The lowest BCUT2D eigenvalue weighted by Crippen LogP contribution is -2.38. The first-order valence-corrected chi connectivity index (χ1v) is 11.5. The van der Waals surface area contributed by atoms with Crippen LogP contribution >= 0.6 is 0 Å². The molecule has 1 aromatic heterocycles. The molecule has 33 heavy (non-hydrogen) atoms. The van der Waals surface area contributed by atoms with Crippen molar-refractivity contribution in [2.75, 3.05) is 6.54 Å². The predicted octanol–water partition coefficient (Wildman–Crippen LogP) is 4.17. The molecule has 1 saturated heterocycles.